The lowest BCUT2D eigenvalue weighted by Crippen LogP contribution is -2.57. The molecule has 2 rings (SSSR count). The van der Waals surface area contributed by atoms with Crippen molar-refractivity contribution < 1.29 is 0 Å². The normalized spacial score (nSPS) is 20.7. The number of piperazine rings is 1. The summed E-state index contributed by atoms with van der Waals surface area (Å²) in [7, 11) is 2.22. The van der Waals surface area contributed by atoms with E-state index in [1.165, 1.54) is 10.7 Å². The van der Waals surface area contributed by atoms with Gasteiger partial charge in [0.25, 0.3) is 0 Å². The second-order valence-corrected chi connectivity index (χ2v) is 7.66. The Labute approximate surface area is 127 Å². The van der Waals surface area contributed by atoms with Gasteiger partial charge in [0.05, 0.1) is 5.69 Å². The number of likely N-dealkylation sites (N-methyl/N-ethyl adjacent to an activating group) is 1. The maximum atomic E-state index is 4.74. The quantitative estimate of drug-likeness (QED) is 0.902. The van der Waals surface area contributed by atoms with Gasteiger partial charge in [-0.15, -0.1) is 11.3 Å². The van der Waals surface area contributed by atoms with Crippen LogP contribution in [0.4, 0.5) is 0 Å². The minimum absolute atomic E-state index is 0.260. The zero-order chi connectivity index (χ0) is 14.8. The average Bonchev–Trinajstić information content (AvgIpc) is 2.79. The number of nitrogens with one attached hydrogen (secondary N) is 1. The number of hydrogen-bond donors (Lipinski definition) is 1. The van der Waals surface area contributed by atoms with E-state index in [0.717, 1.165) is 32.7 Å². The molecule has 0 unspecified atom stereocenters. The molecule has 0 aromatic carbocycles. The SMILES string of the molecule is CC(C)NCc1nc(CN2CCN(C)C(C)(C)C2)cs1. The molecule has 1 aliphatic rings. The third kappa shape index (κ3) is 4.25. The first-order valence-corrected chi connectivity index (χ1v) is 8.35. The fourth-order valence-corrected chi connectivity index (χ4v) is 3.24. The summed E-state index contributed by atoms with van der Waals surface area (Å²) in [5.74, 6) is 0. The summed E-state index contributed by atoms with van der Waals surface area (Å²) in [5.41, 5.74) is 1.48. The number of thiazole rings is 1. The van der Waals surface area contributed by atoms with Crippen LogP contribution in [0.5, 0.6) is 0 Å². The molecule has 1 aromatic heterocycles. The van der Waals surface area contributed by atoms with E-state index in [4.69, 9.17) is 4.98 Å². The molecule has 5 heteroatoms. The van der Waals surface area contributed by atoms with Crippen molar-refractivity contribution in [2.75, 3.05) is 26.7 Å². The van der Waals surface area contributed by atoms with Crippen molar-refractivity contribution in [1.82, 2.24) is 20.1 Å². The summed E-state index contributed by atoms with van der Waals surface area (Å²) in [6.07, 6.45) is 0. The lowest BCUT2D eigenvalue weighted by molar-refractivity contribution is 0.0355. The van der Waals surface area contributed by atoms with E-state index in [2.05, 4.69) is 55.2 Å². The van der Waals surface area contributed by atoms with Gasteiger partial charge >= 0.3 is 0 Å². The van der Waals surface area contributed by atoms with E-state index in [-0.39, 0.29) is 5.54 Å². The van der Waals surface area contributed by atoms with Gasteiger partial charge in [-0.25, -0.2) is 4.98 Å². The van der Waals surface area contributed by atoms with Crippen molar-refractivity contribution in [2.45, 2.75) is 52.4 Å². The summed E-state index contributed by atoms with van der Waals surface area (Å²) in [5, 5.41) is 6.83. The Hall–Kier alpha value is -0.490. The molecule has 1 N–H and O–H groups in total. The maximum absolute atomic E-state index is 4.74. The molecule has 1 aromatic rings. The van der Waals surface area contributed by atoms with Crippen LogP contribution in [-0.2, 0) is 13.1 Å². The van der Waals surface area contributed by atoms with Crippen LogP contribution in [0.1, 0.15) is 38.4 Å². The molecule has 2 heterocycles. The van der Waals surface area contributed by atoms with E-state index < -0.39 is 0 Å². The number of nitrogens with zero attached hydrogens (tertiary/aromatic N) is 3. The van der Waals surface area contributed by atoms with Gasteiger partial charge in [0.1, 0.15) is 5.01 Å². The summed E-state index contributed by atoms with van der Waals surface area (Å²) in [4.78, 5) is 9.71. The van der Waals surface area contributed by atoms with Crippen molar-refractivity contribution in [3.63, 3.8) is 0 Å². The smallest absolute Gasteiger partial charge is 0.107 e. The summed E-state index contributed by atoms with van der Waals surface area (Å²) >= 11 is 1.77. The average molecular weight is 296 g/mol. The molecule has 0 atom stereocenters. The molecule has 1 saturated heterocycles. The van der Waals surface area contributed by atoms with E-state index in [1.54, 1.807) is 11.3 Å². The Morgan fingerprint density at radius 2 is 2.15 bits per heavy atom. The highest BCUT2D eigenvalue weighted by Crippen LogP contribution is 2.21. The zero-order valence-electron chi connectivity index (χ0n) is 13.4. The van der Waals surface area contributed by atoms with E-state index in [1.807, 2.05) is 0 Å². The monoisotopic (exact) mass is 296 g/mol. The van der Waals surface area contributed by atoms with Gasteiger partial charge in [0.2, 0.25) is 0 Å². The molecular formula is C15H28N4S. The highest BCUT2D eigenvalue weighted by atomic mass is 32.1. The van der Waals surface area contributed by atoms with Crippen LogP contribution in [0.15, 0.2) is 5.38 Å². The Balaban J connectivity index is 1.87. The lowest BCUT2D eigenvalue weighted by Gasteiger charge is -2.45. The van der Waals surface area contributed by atoms with Crippen molar-refractivity contribution in [2.24, 2.45) is 0 Å². The van der Waals surface area contributed by atoms with Gasteiger partial charge in [0.15, 0.2) is 0 Å². The lowest BCUT2D eigenvalue weighted by atomic mass is 10.00. The van der Waals surface area contributed by atoms with Crippen LogP contribution in [0.3, 0.4) is 0 Å². The topological polar surface area (TPSA) is 31.4 Å². The fourth-order valence-electron chi connectivity index (χ4n) is 2.50. The third-order valence-electron chi connectivity index (χ3n) is 4.04. The molecule has 1 aliphatic heterocycles. The second-order valence-electron chi connectivity index (χ2n) is 6.71. The summed E-state index contributed by atoms with van der Waals surface area (Å²) in [6.45, 7) is 14.2. The Bertz CT molecular complexity index is 427. The van der Waals surface area contributed by atoms with Crippen molar-refractivity contribution >= 4 is 11.3 Å². The van der Waals surface area contributed by atoms with Crippen LogP contribution in [-0.4, -0.2) is 53.0 Å². The predicted molar refractivity (Wildman–Crippen MR) is 86.1 cm³/mol. The van der Waals surface area contributed by atoms with Crippen LogP contribution in [0.25, 0.3) is 0 Å². The molecule has 114 valence electrons. The van der Waals surface area contributed by atoms with Crippen molar-refractivity contribution in [3.05, 3.63) is 16.1 Å². The van der Waals surface area contributed by atoms with Gasteiger partial charge < -0.3 is 5.32 Å². The largest absolute Gasteiger partial charge is 0.308 e. The fraction of sp³-hybridized carbons (Fsp3) is 0.800. The molecule has 0 bridgehead atoms. The Kier molecular flexibility index (Phi) is 5.18. The number of hydrogen-bond acceptors (Lipinski definition) is 5. The Morgan fingerprint density at radius 3 is 2.80 bits per heavy atom. The third-order valence-corrected chi connectivity index (χ3v) is 4.94. The van der Waals surface area contributed by atoms with Gasteiger partial charge in [-0.2, -0.15) is 0 Å². The summed E-state index contributed by atoms with van der Waals surface area (Å²) < 4.78 is 0. The van der Waals surface area contributed by atoms with Crippen LogP contribution < -0.4 is 5.32 Å². The van der Waals surface area contributed by atoms with Crippen LogP contribution >= 0.6 is 11.3 Å². The second kappa shape index (κ2) is 6.52. The number of aromatic nitrogens is 1. The van der Waals surface area contributed by atoms with Gasteiger partial charge in [0, 0.05) is 49.7 Å². The van der Waals surface area contributed by atoms with Gasteiger partial charge in [-0.3, -0.25) is 9.80 Å². The first-order valence-electron chi connectivity index (χ1n) is 7.47. The van der Waals surface area contributed by atoms with Crippen LogP contribution in [0.2, 0.25) is 0 Å². The minimum Gasteiger partial charge on any atom is -0.308 e. The van der Waals surface area contributed by atoms with Crippen molar-refractivity contribution in [3.8, 4) is 0 Å². The molecule has 20 heavy (non-hydrogen) atoms. The zero-order valence-corrected chi connectivity index (χ0v) is 14.3. The molecule has 0 aliphatic carbocycles. The highest BCUT2D eigenvalue weighted by molar-refractivity contribution is 7.09. The number of rotatable bonds is 5. The first-order chi connectivity index (χ1) is 9.37. The first kappa shape index (κ1) is 15.9. The van der Waals surface area contributed by atoms with Gasteiger partial charge in [-0.1, -0.05) is 13.8 Å². The van der Waals surface area contributed by atoms with Gasteiger partial charge in [-0.05, 0) is 20.9 Å². The molecule has 0 spiro atoms. The molecule has 0 amide bonds. The van der Waals surface area contributed by atoms with Crippen LogP contribution in [0, 0.1) is 0 Å². The predicted octanol–water partition coefficient (Wildman–Crippen LogP) is 2.17. The Morgan fingerprint density at radius 1 is 1.40 bits per heavy atom. The maximum Gasteiger partial charge on any atom is 0.107 e. The van der Waals surface area contributed by atoms with E-state index in [9.17, 15) is 0 Å². The molecule has 0 saturated carbocycles. The molecule has 1 fully saturated rings. The molecule has 4 nitrogen and oxygen atoms in total. The highest BCUT2D eigenvalue weighted by Gasteiger charge is 2.31. The molecule has 0 radical (unpaired) electrons. The van der Waals surface area contributed by atoms with E-state index in [0.29, 0.717) is 6.04 Å². The molecular weight excluding hydrogens is 268 g/mol. The van der Waals surface area contributed by atoms with Crippen molar-refractivity contribution in [1.29, 1.82) is 0 Å². The standard InChI is InChI=1S/C15H28N4S/c1-12(2)16-8-14-17-13(10-20-14)9-19-7-6-18(5)15(3,4)11-19/h10,12,16H,6-9,11H2,1-5H3. The van der Waals surface area contributed by atoms with E-state index >= 15 is 0 Å². The minimum atomic E-state index is 0.260. The summed E-state index contributed by atoms with van der Waals surface area (Å²) in [6, 6.07) is 0.515.